The van der Waals surface area contributed by atoms with Gasteiger partial charge in [-0.1, -0.05) is 18.2 Å². The van der Waals surface area contributed by atoms with E-state index >= 15 is 0 Å². The van der Waals surface area contributed by atoms with Gasteiger partial charge in [0.2, 0.25) is 5.91 Å². The number of carbonyl (C=O) groups excluding carboxylic acids is 2. The van der Waals surface area contributed by atoms with E-state index in [1.807, 2.05) is 0 Å². The van der Waals surface area contributed by atoms with Crippen molar-refractivity contribution in [2.24, 2.45) is 15.9 Å². The maximum atomic E-state index is 14.4. The summed E-state index contributed by atoms with van der Waals surface area (Å²) in [5, 5.41) is 5.46. The molecule has 170 valence electrons. The molecule has 1 unspecified atom stereocenters. The van der Waals surface area contributed by atoms with E-state index in [-0.39, 0.29) is 29.1 Å². The summed E-state index contributed by atoms with van der Waals surface area (Å²) in [6.07, 6.45) is 3.30. The lowest BCUT2D eigenvalue weighted by Gasteiger charge is -2.70. The average Bonchev–Trinajstić information content (AvgIpc) is 3.26. The van der Waals surface area contributed by atoms with E-state index in [1.54, 1.807) is 12.3 Å². The number of amides is 2. The molecular formula is C24H19F4N3O2. The van der Waals surface area contributed by atoms with Gasteiger partial charge in [0, 0.05) is 25.2 Å². The number of hydrogen-bond acceptors (Lipinski definition) is 3. The monoisotopic (exact) mass is 457 g/mol. The molecule has 0 spiro atoms. The Labute approximate surface area is 186 Å². The highest BCUT2D eigenvalue weighted by Crippen LogP contribution is 2.74. The highest BCUT2D eigenvalue weighted by Gasteiger charge is 2.73. The van der Waals surface area contributed by atoms with Gasteiger partial charge in [0.25, 0.3) is 0 Å². The summed E-state index contributed by atoms with van der Waals surface area (Å²) < 4.78 is 56.3. The van der Waals surface area contributed by atoms with Gasteiger partial charge in [-0.2, -0.15) is 13.9 Å². The van der Waals surface area contributed by atoms with Crippen molar-refractivity contribution >= 4 is 23.7 Å². The number of rotatable bonds is 4. The summed E-state index contributed by atoms with van der Waals surface area (Å²) in [5.41, 5.74) is -0.792. The van der Waals surface area contributed by atoms with Crippen molar-refractivity contribution in [2.75, 3.05) is 11.4 Å². The first kappa shape index (κ1) is 20.4. The summed E-state index contributed by atoms with van der Waals surface area (Å²) >= 11 is 0. The number of para-hydroxylation sites is 1. The van der Waals surface area contributed by atoms with Crippen molar-refractivity contribution in [3.63, 3.8) is 0 Å². The third-order valence-electron chi connectivity index (χ3n) is 7.44. The maximum absolute atomic E-state index is 14.4. The number of carbonyl (C=O) groups is 2. The minimum atomic E-state index is -3.55. The van der Waals surface area contributed by atoms with Crippen LogP contribution in [0.2, 0.25) is 0 Å². The van der Waals surface area contributed by atoms with Crippen LogP contribution >= 0.6 is 0 Å². The highest BCUT2D eigenvalue weighted by molar-refractivity contribution is 6.06. The van der Waals surface area contributed by atoms with Crippen LogP contribution in [0.4, 0.5) is 23.2 Å². The molecule has 7 rings (SSSR count). The Balaban J connectivity index is 1.18. The molecule has 0 radical (unpaired) electrons. The van der Waals surface area contributed by atoms with Crippen molar-refractivity contribution in [3.8, 4) is 0 Å². The number of fused-ring (bicyclic) bond motifs is 1. The zero-order chi connectivity index (χ0) is 23.2. The minimum Gasteiger partial charge on any atom is -0.306 e. The van der Waals surface area contributed by atoms with E-state index in [0.29, 0.717) is 31.2 Å². The molecule has 2 bridgehead atoms. The molecule has 0 aromatic heterocycles. The van der Waals surface area contributed by atoms with Crippen molar-refractivity contribution in [2.45, 2.75) is 37.6 Å². The number of hydrogen-bond donors (Lipinski definition) is 0. The normalized spacial score (nSPS) is 30.8. The molecule has 0 saturated heterocycles. The van der Waals surface area contributed by atoms with Gasteiger partial charge >= 0.3 is 11.8 Å². The zero-order valence-electron chi connectivity index (χ0n) is 17.4. The lowest BCUT2D eigenvalue weighted by molar-refractivity contribution is -0.214. The largest absolute Gasteiger partial charge is 0.352 e. The first-order chi connectivity index (χ1) is 15.6. The van der Waals surface area contributed by atoms with Gasteiger partial charge in [-0.05, 0) is 48.4 Å². The average molecular weight is 457 g/mol. The Morgan fingerprint density at radius 3 is 2.42 bits per heavy atom. The van der Waals surface area contributed by atoms with E-state index in [1.165, 1.54) is 35.3 Å². The summed E-state index contributed by atoms with van der Waals surface area (Å²) in [7, 11) is 0. The van der Waals surface area contributed by atoms with Gasteiger partial charge in [0.05, 0.1) is 22.7 Å². The standard InChI is InChI=1S/C24H19F4N3O2/c25-15-7-14(8-16(26)9-15)18-5-6-29-31(18)20(32)23-10-22(11-23,12-23)13-30-19-4-2-1-3-17(19)24(27,28)21(30)33/h1-4,6-9,18H,5,10-13H2. The quantitative estimate of drug-likeness (QED) is 0.634. The number of halogens is 4. The van der Waals surface area contributed by atoms with E-state index in [0.717, 1.165) is 11.0 Å². The lowest BCUT2D eigenvalue weighted by atomic mass is 9.34. The third kappa shape index (κ3) is 2.74. The molecule has 2 aromatic carbocycles. The van der Waals surface area contributed by atoms with Gasteiger partial charge in [0.1, 0.15) is 11.6 Å². The molecule has 5 aliphatic rings. The molecular weight excluding hydrogens is 438 g/mol. The zero-order valence-corrected chi connectivity index (χ0v) is 17.4. The van der Waals surface area contributed by atoms with Gasteiger partial charge < -0.3 is 4.90 Å². The molecule has 0 N–H and O–H groups in total. The lowest BCUT2D eigenvalue weighted by Crippen LogP contribution is -2.70. The second-order valence-corrected chi connectivity index (χ2v) is 9.70. The molecule has 2 aliphatic heterocycles. The van der Waals surface area contributed by atoms with Crippen LogP contribution in [-0.4, -0.2) is 29.6 Å². The maximum Gasteiger partial charge on any atom is 0.352 e. The molecule has 3 aliphatic carbocycles. The van der Waals surface area contributed by atoms with Gasteiger partial charge in [0.15, 0.2) is 0 Å². The summed E-state index contributed by atoms with van der Waals surface area (Å²) in [5.74, 6) is -6.45. The van der Waals surface area contributed by atoms with Gasteiger partial charge in [-0.3, -0.25) is 9.59 Å². The van der Waals surface area contributed by atoms with Crippen LogP contribution in [-0.2, 0) is 15.5 Å². The van der Waals surface area contributed by atoms with Crippen molar-refractivity contribution in [3.05, 3.63) is 65.2 Å². The highest BCUT2D eigenvalue weighted by atomic mass is 19.3. The Morgan fingerprint density at radius 2 is 1.73 bits per heavy atom. The Kier molecular flexibility index (Phi) is 3.97. The molecule has 33 heavy (non-hydrogen) atoms. The van der Waals surface area contributed by atoms with Crippen molar-refractivity contribution in [1.82, 2.24) is 5.01 Å². The molecule has 3 saturated carbocycles. The van der Waals surface area contributed by atoms with Gasteiger partial charge in [-0.25, -0.2) is 13.8 Å². The van der Waals surface area contributed by atoms with Gasteiger partial charge in [-0.15, -0.1) is 0 Å². The predicted molar refractivity (Wildman–Crippen MR) is 110 cm³/mol. The van der Waals surface area contributed by atoms with Crippen LogP contribution in [0.1, 0.15) is 42.9 Å². The van der Waals surface area contributed by atoms with Crippen molar-refractivity contribution in [1.29, 1.82) is 0 Å². The molecule has 2 heterocycles. The molecule has 2 amide bonds. The fourth-order valence-electron chi connectivity index (χ4n) is 6.15. The van der Waals surface area contributed by atoms with E-state index < -0.39 is 34.9 Å². The number of hydrazone groups is 1. The molecule has 5 nitrogen and oxygen atoms in total. The second-order valence-electron chi connectivity index (χ2n) is 9.70. The SMILES string of the molecule is O=C(N1N=CCC1c1cc(F)cc(F)c1)C12CC(CN3C(=O)C(F)(F)c4ccccc43)(C1)C2. The second kappa shape index (κ2) is 6.42. The number of nitrogens with zero attached hydrogens (tertiary/aromatic N) is 3. The van der Waals surface area contributed by atoms with Crippen LogP contribution in [0, 0.1) is 22.5 Å². The fourth-order valence-corrected chi connectivity index (χ4v) is 6.15. The van der Waals surface area contributed by atoms with E-state index in [4.69, 9.17) is 0 Å². The predicted octanol–water partition coefficient (Wildman–Crippen LogP) is 4.53. The smallest absolute Gasteiger partial charge is 0.306 e. The first-order valence-corrected chi connectivity index (χ1v) is 10.8. The topological polar surface area (TPSA) is 53.0 Å². The Hall–Kier alpha value is -3.23. The van der Waals surface area contributed by atoms with Crippen LogP contribution < -0.4 is 4.90 Å². The number of anilines is 1. The molecule has 3 fully saturated rings. The molecule has 9 heteroatoms. The molecule has 2 aromatic rings. The fraction of sp³-hybridized carbons (Fsp3) is 0.375. The summed E-state index contributed by atoms with van der Waals surface area (Å²) in [6.45, 7) is 0.134. The number of benzene rings is 2. The van der Waals surface area contributed by atoms with Crippen LogP contribution in [0.5, 0.6) is 0 Å². The van der Waals surface area contributed by atoms with E-state index in [9.17, 15) is 27.2 Å². The molecule has 1 atom stereocenters. The van der Waals surface area contributed by atoms with Crippen LogP contribution in [0.3, 0.4) is 0 Å². The Bertz CT molecular complexity index is 1200. The van der Waals surface area contributed by atoms with E-state index in [2.05, 4.69) is 5.10 Å². The summed E-state index contributed by atoms with van der Waals surface area (Å²) in [4.78, 5) is 26.9. The number of alkyl halides is 2. The van der Waals surface area contributed by atoms with Crippen molar-refractivity contribution < 1.29 is 27.2 Å². The van der Waals surface area contributed by atoms with Crippen LogP contribution in [0.15, 0.2) is 47.6 Å². The minimum absolute atomic E-state index is 0.134. The van der Waals surface area contributed by atoms with Crippen LogP contribution in [0.25, 0.3) is 0 Å². The Morgan fingerprint density at radius 1 is 1.06 bits per heavy atom. The third-order valence-corrected chi connectivity index (χ3v) is 7.44. The summed E-state index contributed by atoms with van der Waals surface area (Å²) in [6, 6.07) is 8.47. The first-order valence-electron chi connectivity index (χ1n) is 10.8.